The quantitative estimate of drug-likeness (QED) is 0.149. The zero-order chi connectivity index (χ0) is 32.4. The average molecular weight is 683 g/mol. The Hall–Kier alpha value is -2.95. The number of halogens is 1. The van der Waals surface area contributed by atoms with Crippen LogP contribution in [0.3, 0.4) is 0 Å². The van der Waals surface area contributed by atoms with Crippen LogP contribution in [0.15, 0.2) is 42.5 Å². The molecule has 0 bridgehead atoms. The summed E-state index contributed by atoms with van der Waals surface area (Å²) in [6.45, 7) is 5.78. The molecule has 0 spiro atoms. The molecule has 6 rings (SSSR count). The first-order valence-corrected chi connectivity index (χ1v) is 19.4. The minimum absolute atomic E-state index is 0.0378. The third-order valence-electron chi connectivity index (χ3n) is 9.11. The van der Waals surface area contributed by atoms with Gasteiger partial charge in [0.15, 0.2) is 5.13 Å². The van der Waals surface area contributed by atoms with Gasteiger partial charge in [0.05, 0.1) is 11.3 Å². The number of hydrogen-bond acceptors (Lipinski definition) is 7. The number of hydrogen-bond donors (Lipinski definition) is 2. The van der Waals surface area contributed by atoms with Gasteiger partial charge in [0.25, 0.3) is 11.8 Å². The SMILES string of the molecule is CCCCCCNC(=O)c1ccc(Cl)cc1-c1ccc([C@@H](C)N(CC2CC2)c2nc(C(=O)NS(=O)(=O)C3CC3)c(C3CC3)s2)cc1. The van der Waals surface area contributed by atoms with Crippen molar-refractivity contribution < 1.29 is 18.0 Å². The van der Waals surface area contributed by atoms with Crippen LogP contribution in [-0.4, -0.2) is 43.6 Å². The average Bonchev–Trinajstić information content (AvgIpc) is 3.89. The highest BCUT2D eigenvalue weighted by molar-refractivity contribution is 7.91. The Morgan fingerprint density at radius 1 is 1.00 bits per heavy atom. The summed E-state index contributed by atoms with van der Waals surface area (Å²) < 4.78 is 27.4. The van der Waals surface area contributed by atoms with E-state index < -0.39 is 21.2 Å². The highest BCUT2D eigenvalue weighted by Crippen LogP contribution is 2.48. The molecule has 2 aromatic carbocycles. The number of rotatable bonds is 16. The van der Waals surface area contributed by atoms with Crippen molar-refractivity contribution in [2.24, 2.45) is 5.92 Å². The fourth-order valence-corrected chi connectivity index (χ4v) is 8.54. The zero-order valence-corrected chi connectivity index (χ0v) is 28.9. The first kappa shape index (κ1) is 33.0. The topological polar surface area (TPSA) is 108 Å². The number of amides is 2. The molecule has 1 atom stereocenters. The van der Waals surface area contributed by atoms with Crippen molar-refractivity contribution in [2.75, 3.05) is 18.0 Å². The van der Waals surface area contributed by atoms with E-state index in [1.165, 1.54) is 11.3 Å². The van der Waals surface area contributed by atoms with Gasteiger partial charge in [0.2, 0.25) is 10.0 Å². The van der Waals surface area contributed by atoms with Crippen molar-refractivity contribution in [1.29, 1.82) is 0 Å². The molecule has 1 aromatic heterocycles. The second-order valence-corrected chi connectivity index (χ2v) is 16.5. The fraction of sp³-hybridized carbons (Fsp3) is 0.514. The molecule has 11 heteroatoms. The second-order valence-electron chi connectivity index (χ2n) is 13.1. The molecule has 246 valence electrons. The first-order valence-electron chi connectivity index (χ1n) is 16.7. The molecule has 3 aliphatic carbocycles. The summed E-state index contributed by atoms with van der Waals surface area (Å²) in [5.41, 5.74) is 3.63. The molecule has 0 aliphatic heterocycles. The van der Waals surface area contributed by atoms with Gasteiger partial charge in [-0.1, -0.05) is 62.1 Å². The predicted molar refractivity (Wildman–Crippen MR) is 185 cm³/mol. The lowest BCUT2D eigenvalue weighted by molar-refractivity contribution is 0.0950. The molecule has 0 radical (unpaired) electrons. The van der Waals surface area contributed by atoms with Crippen molar-refractivity contribution >= 4 is 49.9 Å². The number of aromatic nitrogens is 1. The number of nitrogens with zero attached hydrogens (tertiary/aromatic N) is 2. The van der Waals surface area contributed by atoms with Gasteiger partial charge in [0, 0.05) is 28.6 Å². The van der Waals surface area contributed by atoms with E-state index in [1.807, 2.05) is 18.2 Å². The standard InChI is InChI=1S/C35H43ClN4O4S2/c1-3-4-5-6-19-37-33(41)29-18-15-27(36)20-30(29)25-11-9-24(10-12-25)22(2)40(21-23-7-8-23)35-38-31(32(45-35)26-13-14-26)34(42)39-46(43,44)28-16-17-28/h9-12,15,18,20,22-23,26,28H,3-8,13-14,16-17,19,21H2,1-2H3,(H,37,41)(H,39,42)/t22-/m1/s1. The summed E-state index contributed by atoms with van der Waals surface area (Å²) >= 11 is 7.92. The molecule has 3 fully saturated rings. The van der Waals surface area contributed by atoms with Crippen LogP contribution in [0.25, 0.3) is 11.1 Å². The Morgan fingerprint density at radius 3 is 2.39 bits per heavy atom. The number of anilines is 1. The van der Waals surface area contributed by atoms with Gasteiger partial charge in [-0.15, -0.1) is 11.3 Å². The van der Waals surface area contributed by atoms with E-state index in [0.717, 1.165) is 84.6 Å². The van der Waals surface area contributed by atoms with Gasteiger partial charge >= 0.3 is 0 Å². The molecule has 3 aliphatic rings. The molecule has 3 saturated carbocycles. The van der Waals surface area contributed by atoms with Gasteiger partial charge in [-0.2, -0.15) is 0 Å². The Kier molecular flexibility index (Phi) is 10.1. The van der Waals surface area contributed by atoms with Gasteiger partial charge in [-0.3, -0.25) is 9.59 Å². The Bertz CT molecular complexity index is 1680. The number of unbranched alkanes of at least 4 members (excludes halogenated alkanes) is 3. The van der Waals surface area contributed by atoms with Gasteiger partial charge in [0.1, 0.15) is 5.69 Å². The molecule has 8 nitrogen and oxygen atoms in total. The molecule has 3 aromatic rings. The molecular formula is C35H43ClN4O4S2. The Labute approximate surface area is 281 Å². The Morgan fingerprint density at radius 2 is 1.74 bits per heavy atom. The van der Waals surface area contributed by atoms with E-state index in [9.17, 15) is 18.0 Å². The van der Waals surface area contributed by atoms with Crippen molar-refractivity contribution in [3.63, 3.8) is 0 Å². The summed E-state index contributed by atoms with van der Waals surface area (Å²) in [4.78, 5) is 34.3. The van der Waals surface area contributed by atoms with E-state index >= 15 is 0 Å². The maximum atomic E-state index is 13.2. The van der Waals surface area contributed by atoms with Crippen molar-refractivity contribution in [1.82, 2.24) is 15.0 Å². The van der Waals surface area contributed by atoms with E-state index in [0.29, 0.717) is 35.9 Å². The fourth-order valence-electron chi connectivity index (χ4n) is 5.77. The highest BCUT2D eigenvalue weighted by atomic mass is 35.5. The van der Waals surface area contributed by atoms with Gasteiger partial charge < -0.3 is 10.2 Å². The second kappa shape index (κ2) is 14.0. The predicted octanol–water partition coefficient (Wildman–Crippen LogP) is 7.85. The number of thiazole rings is 1. The maximum absolute atomic E-state index is 13.2. The molecule has 2 amide bonds. The van der Waals surface area contributed by atoms with Crippen LogP contribution in [0.2, 0.25) is 5.02 Å². The minimum atomic E-state index is -3.66. The minimum Gasteiger partial charge on any atom is -0.352 e. The van der Waals surface area contributed by atoms with Crippen LogP contribution in [-0.2, 0) is 10.0 Å². The van der Waals surface area contributed by atoms with Crippen LogP contribution in [0, 0.1) is 5.92 Å². The number of sulfonamides is 1. The monoisotopic (exact) mass is 682 g/mol. The van der Waals surface area contributed by atoms with Crippen LogP contribution < -0.4 is 14.9 Å². The first-order chi connectivity index (χ1) is 22.1. The van der Waals surface area contributed by atoms with Crippen molar-refractivity contribution in [3.8, 4) is 11.1 Å². The van der Waals surface area contributed by atoms with E-state index in [4.69, 9.17) is 16.6 Å². The molecule has 0 saturated heterocycles. The number of benzene rings is 2. The van der Waals surface area contributed by atoms with Gasteiger partial charge in [-0.05, 0) is 98.6 Å². The van der Waals surface area contributed by atoms with Crippen molar-refractivity contribution in [2.45, 2.75) is 95.3 Å². The largest absolute Gasteiger partial charge is 0.352 e. The molecule has 0 unspecified atom stereocenters. The lowest BCUT2D eigenvalue weighted by atomic mass is 9.96. The molecule has 1 heterocycles. The lowest BCUT2D eigenvalue weighted by Crippen LogP contribution is -2.34. The van der Waals surface area contributed by atoms with Crippen LogP contribution in [0.4, 0.5) is 5.13 Å². The van der Waals surface area contributed by atoms with Crippen LogP contribution in [0.5, 0.6) is 0 Å². The Balaban J connectivity index is 1.22. The third kappa shape index (κ3) is 7.94. The summed E-state index contributed by atoms with van der Waals surface area (Å²) in [7, 11) is -3.66. The smallest absolute Gasteiger partial charge is 0.284 e. The number of nitrogens with one attached hydrogen (secondary N) is 2. The van der Waals surface area contributed by atoms with Crippen molar-refractivity contribution in [3.05, 3.63) is 69.2 Å². The van der Waals surface area contributed by atoms with E-state index in [-0.39, 0.29) is 23.6 Å². The maximum Gasteiger partial charge on any atom is 0.284 e. The van der Waals surface area contributed by atoms with Gasteiger partial charge in [-0.25, -0.2) is 18.1 Å². The summed E-state index contributed by atoms with van der Waals surface area (Å²) in [6, 6.07) is 13.6. The molecule has 2 N–H and O–H groups in total. The van der Waals surface area contributed by atoms with E-state index in [1.54, 1.807) is 12.1 Å². The summed E-state index contributed by atoms with van der Waals surface area (Å²) in [6.07, 6.45) is 9.85. The third-order valence-corrected chi connectivity index (χ3v) is 12.4. The summed E-state index contributed by atoms with van der Waals surface area (Å²) in [5, 5.41) is 3.92. The molecular weight excluding hydrogens is 640 g/mol. The summed E-state index contributed by atoms with van der Waals surface area (Å²) in [5.74, 6) is 0.115. The normalized spacial score (nSPS) is 17.0. The molecule has 46 heavy (non-hydrogen) atoms. The van der Waals surface area contributed by atoms with E-state index in [2.05, 4.69) is 40.9 Å². The highest BCUT2D eigenvalue weighted by Gasteiger charge is 2.40. The number of carbonyl (C=O) groups excluding carboxylic acids is 2. The number of carbonyl (C=O) groups is 2. The lowest BCUT2D eigenvalue weighted by Gasteiger charge is -2.29. The van der Waals surface area contributed by atoms with Crippen LogP contribution in [0.1, 0.15) is 121 Å². The zero-order valence-electron chi connectivity index (χ0n) is 26.6. The van der Waals surface area contributed by atoms with Crippen LogP contribution >= 0.6 is 22.9 Å².